The Kier molecular flexibility index (Phi) is 3.59. The highest BCUT2D eigenvalue weighted by atomic mass is 16.5. The van der Waals surface area contributed by atoms with Gasteiger partial charge in [-0.2, -0.15) is 5.26 Å². The van der Waals surface area contributed by atoms with Crippen LogP contribution in [0.5, 0.6) is 5.75 Å². The fraction of sp³-hybridized carbons (Fsp3) is 0.0667. The molecule has 0 spiro atoms. The normalized spacial score (nSPS) is 8.89. The molecular formula is C15H10N2O. The Labute approximate surface area is 106 Å². The lowest BCUT2D eigenvalue weighted by Crippen LogP contribution is -1.87. The minimum Gasteiger partial charge on any atom is -0.497 e. The summed E-state index contributed by atoms with van der Waals surface area (Å²) in [5.41, 5.74) is 1.83. The van der Waals surface area contributed by atoms with Gasteiger partial charge in [0.05, 0.1) is 12.7 Å². The van der Waals surface area contributed by atoms with Crippen LogP contribution in [0, 0.1) is 23.2 Å². The summed E-state index contributed by atoms with van der Waals surface area (Å²) in [7, 11) is 1.62. The molecule has 1 aromatic heterocycles. The molecule has 0 atom stereocenters. The van der Waals surface area contributed by atoms with E-state index in [0.29, 0.717) is 11.3 Å². The summed E-state index contributed by atoms with van der Waals surface area (Å²) in [6, 6.07) is 12.9. The van der Waals surface area contributed by atoms with E-state index >= 15 is 0 Å². The first-order chi connectivity index (χ1) is 8.83. The molecule has 0 aliphatic heterocycles. The minimum atomic E-state index is 0.485. The van der Waals surface area contributed by atoms with Gasteiger partial charge in [-0.25, -0.2) is 4.98 Å². The summed E-state index contributed by atoms with van der Waals surface area (Å²) in [5, 5.41) is 8.91. The first-order valence-electron chi connectivity index (χ1n) is 5.34. The zero-order chi connectivity index (χ0) is 12.8. The number of pyridine rings is 1. The smallest absolute Gasteiger partial charge is 0.131 e. The highest BCUT2D eigenvalue weighted by Gasteiger charge is 1.97. The predicted molar refractivity (Wildman–Crippen MR) is 67.9 cm³/mol. The quantitative estimate of drug-likeness (QED) is 0.711. The van der Waals surface area contributed by atoms with Crippen molar-refractivity contribution in [2.75, 3.05) is 7.11 Å². The maximum absolute atomic E-state index is 8.91. The Morgan fingerprint density at radius 2 is 1.89 bits per heavy atom. The van der Waals surface area contributed by atoms with Gasteiger partial charge in [0.2, 0.25) is 0 Å². The van der Waals surface area contributed by atoms with Gasteiger partial charge < -0.3 is 4.74 Å². The standard InChI is InChI=1S/C15H10N2O/c1-18-14-7-4-12(5-8-14)6-9-15-13(11-16)3-2-10-17-15/h2-5,7-8,10H,1H3. The fourth-order valence-corrected chi connectivity index (χ4v) is 1.40. The van der Waals surface area contributed by atoms with Gasteiger partial charge in [-0.3, -0.25) is 0 Å². The molecule has 0 unspecified atom stereocenters. The molecule has 18 heavy (non-hydrogen) atoms. The van der Waals surface area contributed by atoms with E-state index in [-0.39, 0.29) is 0 Å². The average molecular weight is 234 g/mol. The molecule has 2 aromatic rings. The first-order valence-corrected chi connectivity index (χ1v) is 5.34. The molecule has 2 rings (SSSR count). The zero-order valence-electron chi connectivity index (χ0n) is 9.84. The van der Waals surface area contributed by atoms with Gasteiger partial charge in [0.15, 0.2) is 0 Å². The second kappa shape index (κ2) is 5.52. The fourth-order valence-electron chi connectivity index (χ4n) is 1.40. The average Bonchev–Trinajstić information content (AvgIpc) is 2.46. The lowest BCUT2D eigenvalue weighted by atomic mass is 10.2. The molecule has 0 aliphatic carbocycles. The predicted octanol–water partition coefficient (Wildman–Crippen LogP) is 2.36. The van der Waals surface area contributed by atoms with E-state index in [9.17, 15) is 0 Å². The molecule has 0 aliphatic rings. The topological polar surface area (TPSA) is 45.9 Å². The van der Waals surface area contributed by atoms with Crippen LogP contribution in [0.1, 0.15) is 16.8 Å². The molecule has 0 amide bonds. The van der Waals surface area contributed by atoms with E-state index in [4.69, 9.17) is 10.00 Å². The molecule has 0 N–H and O–H groups in total. The molecule has 1 aromatic carbocycles. The summed E-state index contributed by atoms with van der Waals surface area (Å²) in [4.78, 5) is 4.08. The van der Waals surface area contributed by atoms with Gasteiger partial charge in [-0.15, -0.1) is 0 Å². The first kappa shape index (κ1) is 11.7. The van der Waals surface area contributed by atoms with Gasteiger partial charge in [-0.1, -0.05) is 5.92 Å². The van der Waals surface area contributed by atoms with E-state index in [1.807, 2.05) is 24.3 Å². The molecule has 3 nitrogen and oxygen atoms in total. The number of benzene rings is 1. The number of hydrogen-bond donors (Lipinski definition) is 0. The van der Waals surface area contributed by atoms with Crippen molar-refractivity contribution in [1.29, 1.82) is 5.26 Å². The van der Waals surface area contributed by atoms with E-state index in [2.05, 4.69) is 22.9 Å². The van der Waals surface area contributed by atoms with Crippen LogP contribution >= 0.6 is 0 Å². The van der Waals surface area contributed by atoms with Gasteiger partial charge in [0.1, 0.15) is 17.5 Å². The second-order valence-electron chi connectivity index (χ2n) is 3.49. The van der Waals surface area contributed by atoms with Crippen molar-refractivity contribution in [2.24, 2.45) is 0 Å². The number of rotatable bonds is 1. The molecule has 0 saturated carbocycles. The largest absolute Gasteiger partial charge is 0.497 e. The van der Waals surface area contributed by atoms with Crippen molar-refractivity contribution >= 4 is 0 Å². The summed E-state index contributed by atoms with van der Waals surface area (Å²) in [6.07, 6.45) is 1.62. The summed E-state index contributed by atoms with van der Waals surface area (Å²) in [6.45, 7) is 0. The Morgan fingerprint density at radius 3 is 2.56 bits per heavy atom. The molecule has 0 bridgehead atoms. The third-order valence-electron chi connectivity index (χ3n) is 2.34. The van der Waals surface area contributed by atoms with Crippen LogP contribution in [0.4, 0.5) is 0 Å². The van der Waals surface area contributed by atoms with Crippen molar-refractivity contribution in [3.05, 3.63) is 59.4 Å². The number of ether oxygens (including phenoxy) is 1. The summed E-state index contributed by atoms with van der Waals surface area (Å²) < 4.78 is 5.06. The van der Waals surface area contributed by atoms with Crippen molar-refractivity contribution in [2.45, 2.75) is 0 Å². The third-order valence-corrected chi connectivity index (χ3v) is 2.34. The Balaban J connectivity index is 2.28. The van der Waals surface area contributed by atoms with Crippen molar-refractivity contribution < 1.29 is 4.74 Å². The van der Waals surface area contributed by atoms with E-state index in [1.165, 1.54) is 0 Å². The maximum atomic E-state index is 8.91. The molecule has 0 fully saturated rings. The van der Waals surface area contributed by atoms with Crippen molar-refractivity contribution in [1.82, 2.24) is 4.98 Å². The Hall–Kier alpha value is -2.78. The van der Waals surface area contributed by atoms with Crippen molar-refractivity contribution in [3.8, 4) is 23.7 Å². The zero-order valence-corrected chi connectivity index (χ0v) is 9.84. The Morgan fingerprint density at radius 1 is 1.11 bits per heavy atom. The van der Waals surface area contributed by atoms with Crippen LogP contribution in [0.3, 0.4) is 0 Å². The molecule has 0 radical (unpaired) electrons. The summed E-state index contributed by atoms with van der Waals surface area (Å²) in [5.74, 6) is 6.65. The van der Waals surface area contributed by atoms with Crippen LogP contribution < -0.4 is 4.74 Å². The Bertz CT molecular complexity index is 643. The monoisotopic (exact) mass is 234 g/mol. The second-order valence-corrected chi connectivity index (χ2v) is 3.49. The maximum Gasteiger partial charge on any atom is 0.131 e. The SMILES string of the molecule is COc1ccc(C#Cc2ncccc2C#N)cc1. The van der Waals surface area contributed by atoms with Crippen LogP contribution in [-0.4, -0.2) is 12.1 Å². The van der Waals surface area contributed by atoms with Crippen LogP contribution in [0.25, 0.3) is 0 Å². The van der Waals surface area contributed by atoms with E-state index in [0.717, 1.165) is 11.3 Å². The molecular weight excluding hydrogens is 224 g/mol. The molecule has 1 heterocycles. The number of methoxy groups -OCH3 is 1. The van der Waals surface area contributed by atoms with Gasteiger partial charge in [0, 0.05) is 11.8 Å². The van der Waals surface area contributed by atoms with E-state index in [1.54, 1.807) is 25.4 Å². The van der Waals surface area contributed by atoms with Gasteiger partial charge in [-0.05, 0) is 42.3 Å². The van der Waals surface area contributed by atoms with Crippen molar-refractivity contribution in [3.63, 3.8) is 0 Å². The van der Waals surface area contributed by atoms with Crippen LogP contribution in [-0.2, 0) is 0 Å². The minimum absolute atomic E-state index is 0.485. The lowest BCUT2D eigenvalue weighted by molar-refractivity contribution is 0.415. The van der Waals surface area contributed by atoms with Gasteiger partial charge >= 0.3 is 0 Å². The van der Waals surface area contributed by atoms with Crippen LogP contribution in [0.2, 0.25) is 0 Å². The number of aromatic nitrogens is 1. The van der Waals surface area contributed by atoms with E-state index < -0.39 is 0 Å². The van der Waals surface area contributed by atoms with Gasteiger partial charge in [0.25, 0.3) is 0 Å². The summed E-state index contributed by atoms with van der Waals surface area (Å²) >= 11 is 0. The molecule has 86 valence electrons. The lowest BCUT2D eigenvalue weighted by Gasteiger charge is -1.97. The molecule has 3 heteroatoms. The number of nitriles is 1. The molecule has 0 saturated heterocycles. The third kappa shape index (κ3) is 2.66. The van der Waals surface area contributed by atoms with Crippen LogP contribution in [0.15, 0.2) is 42.6 Å². The highest BCUT2D eigenvalue weighted by Crippen LogP contribution is 2.10. The number of hydrogen-bond acceptors (Lipinski definition) is 3. The number of nitrogens with zero attached hydrogens (tertiary/aromatic N) is 2. The highest BCUT2D eigenvalue weighted by molar-refractivity contribution is 5.47.